The number of fused-ring (bicyclic) bond motifs is 1. The van der Waals surface area contributed by atoms with Gasteiger partial charge in [-0.2, -0.15) is 4.57 Å². The Morgan fingerprint density at radius 3 is 1.88 bits per heavy atom. The second-order valence-electron chi connectivity index (χ2n) is 10.2. The molecule has 0 saturated heterocycles. The van der Waals surface area contributed by atoms with Crippen molar-refractivity contribution < 1.29 is 21.8 Å². The zero-order valence-electron chi connectivity index (χ0n) is 23.1. The molecule has 0 unspecified atom stereocenters. The molecule has 9 heteroatoms. The number of allylic oxidation sites excluding steroid dienone is 3. The van der Waals surface area contributed by atoms with Crippen LogP contribution < -0.4 is 9.47 Å². The van der Waals surface area contributed by atoms with E-state index < -0.39 is 7.25 Å². The Labute approximate surface area is 248 Å². The Balaban J connectivity index is 0.000000714. The van der Waals surface area contributed by atoms with Crippen molar-refractivity contribution in [2.45, 2.75) is 19.3 Å². The van der Waals surface area contributed by atoms with Crippen molar-refractivity contribution in [2.24, 2.45) is 7.05 Å². The number of halogens is 6. The van der Waals surface area contributed by atoms with Crippen molar-refractivity contribution in [2.75, 3.05) is 11.9 Å². The highest BCUT2D eigenvalue weighted by atomic mass is 35.5. The number of nitrogens with zero attached hydrogens (tertiary/aromatic N) is 2. The highest BCUT2D eigenvalue weighted by Crippen LogP contribution is 2.46. The van der Waals surface area contributed by atoms with Crippen LogP contribution in [0.25, 0.3) is 28.5 Å². The topological polar surface area (TPSA) is 7.12 Å². The lowest BCUT2D eigenvalue weighted by atomic mass is 9.84. The molecule has 0 radical (unpaired) electrons. The van der Waals surface area contributed by atoms with Crippen LogP contribution in [0.15, 0.2) is 103 Å². The maximum atomic E-state index is 9.75. The monoisotopic (exact) mass is 598 g/mol. The molecule has 2 nitrogen and oxygen atoms in total. The third kappa shape index (κ3) is 7.21. The number of pyridine rings is 1. The molecule has 212 valence electrons. The summed E-state index contributed by atoms with van der Waals surface area (Å²) in [5.74, 6) is 0. The molecule has 41 heavy (non-hydrogen) atoms. The van der Waals surface area contributed by atoms with E-state index in [4.69, 9.17) is 23.2 Å². The predicted octanol–water partition coefficient (Wildman–Crippen LogP) is 9.78. The molecule has 0 atom stereocenters. The lowest BCUT2D eigenvalue weighted by Gasteiger charge is -2.23. The van der Waals surface area contributed by atoms with Crippen molar-refractivity contribution in [1.82, 2.24) is 0 Å². The standard InChI is InChI=1S/C32H29Cl2N2.BF4/c1-32(2)28-9-5-6-10-29(28)36(4)31(32)11-7-8-27-20-24(22-12-16-25(33)17-13-22)21-30(35(27)3)23-14-18-26(34)19-15-23;2-1(3,4)5/h5-21H,1-4H3;/q+1;-1. The number of benzene rings is 3. The summed E-state index contributed by atoms with van der Waals surface area (Å²) in [6.07, 6.45) is 6.57. The van der Waals surface area contributed by atoms with E-state index >= 15 is 0 Å². The fourth-order valence-electron chi connectivity index (χ4n) is 5.09. The summed E-state index contributed by atoms with van der Waals surface area (Å²) < 4.78 is 41.2. The van der Waals surface area contributed by atoms with Gasteiger partial charge in [-0.25, -0.2) is 0 Å². The first kappa shape index (κ1) is 30.4. The number of hydrogen-bond donors (Lipinski definition) is 0. The fourth-order valence-corrected chi connectivity index (χ4v) is 5.34. The quantitative estimate of drug-likeness (QED) is 0.129. The van der Waals surface area contributed by atoms with Gasteiger partial charge in [0, 0.05) is 57.7 Å². The zero-order valence-corrected chi connectivity index (χ0v) is 24.6. The van der Waals surface area contributed by atoms with E-state index in [-0.39, 0.29) is 5.41 Å². The van der Waals surface area contributed by atoms with Crippen LogP contribution >= 0.6 is 23.2 Å². The van der Waals surface area contributed by atoms with E-state index in [1.807, 2.05) is 24.3 Å². The van der Waals surface area contributed by atoms with E-state index in [1.54, 1.807) is 0 Å². The van der Waals surface area contributed by atoms with Crippen LogP contribution in [0, 0.1) is 0 Å². The SMILES string of the molecule is CN1/C(=C/C=C/c2cc(-c3ccc(Cl)cc3)cc(-c3ccc(Cl)cc3)[n+]2C)C(C)(C)c2ccccc21.F[B-](F)(F)F. The Kier molecular flexibility index (Phi) is 9.00. The lowest BCUT2D eigenvalue weighted by molar-refractivity contribution is -0.662. The minimum absolute atomic E-state index is 0.0580. The highest BCUT2D eigenvalue weighted by molar-refractivity contribution is 6.50. The molecular formula is C32H29BCl2F4N2. The normalized spacial score (nSPS) is 15.2. The van der Waals surface area contributed by atoms with Crippen LogP contribution in [-0.2, 0) is 12.5 Å². The van der Waals surface area contributed by atoms with Gasteiger partial charge >= 0.3 is 7.25 Å². The first-order valence-electron chi connectivity index (χ1n) is 12.9. The molecule has 5 rings (SSSR count). The Morgan fingerprint density at radius 1 is 0.780 bits per heavy atom. The maximum absolute atomic E-state index is 9.75. The van der Waals surface area contributed by atoms with Gasteiger partial charge in [-0.15, -0.1) is 0 Å². The molecule has 0 N–H and O–H groups in total. The number of anilines is 1. The second kappa shape index (κ2) is 12.1. The Bertz CT molecular complexity index is 1590. The number of para-hydroxylation sites is 1. The summed E-state index contributed by atoms with van der Waals surface area (Å²) in [7, 11) is -1.75. The smallest absolute Gasteiger partial charge is 0.418 e. The van der Waals surface area contributed by atoms with Gasteiger partial charge in [0.25, 0.3) is 0 Å². The minimum atomic E-state index is -6.00. The van der Waals surface area contributed by atoms with E-state index in [9.17, 15) is 17.3 Å². The average Bonchev–Trinajstić information content (AvgIpc) is 3.10. The van der Waals surface area contributed by atoms with Crippen LogP contribution in [0.3, 0.4) is 0 Å². The fraction of sp³-hybridized carbons (Fsp3) is 0.156. The molecule has 0 saturated carbocycles. The maximum Gasteiger partial charge on any atom is 0.673 e. The van der Waals surface area contributed by atoms with Gasteiger partial charge in [0.15, 0.2) is 0 Å². The summed E-state index contributed by atoms with van der Waals surface area (Å²) in [4.78, 5) is 2.29. The van der Waals surface area contributed by atoms with E-state index in [2.05, 4.69) is 116 Å². The summed E-state index contributed by atoms with van der Waals surface area (Å²) in [6, 6.07) is 29.0. The average molecular weight is 599 g/mol. The van der Waals surface area contributed by atoms with E-state index in [0.717, 1.165) is 38.1 Å². The third-order valence-electron chi connectivity index (χ3n) is 7.12. The zero-order chi connectivity index (χ0) is 29.9. The summed E-state index contributed by atoms with van der Waals surface area (Å²) in [6.45, 7) is 4.57. The second-order valence-corrected chi connectivity index (χ2v) is 11.1. The molecule has 0 aliphatic carbocycles. The molecule has 1 aliphatic rings. The van der Waals surface area contributed by atoms with Gasteiger partial charge in [0.05, 0.1) is 0 Å². The first-order valence-corrected chi connectivity index (χ1v) is 13.7. The van der Waals surface area contributed by atoms with Crippen LogP contribution in [0.4, 0.5) is 23.0 Å². The molecule has 0 fully saturated rings. The molecule has 4 aromatic rings. The Morgan fingerprint density at radius 2 is 1.32 bits per heavy atom. The summed E-state index contributed by atoms with van der Waals surface area (Å²) in [5, 5.41) is 1.46. The minimum Gasteiger partial charge on any atom is -0.418 e. The lowest BCUT2D eigenvalue weighted by Crippen LogP contribution is -2.34. The van der Waals surface area contributed by atoms with Gasteiger partial charge in [-0.05, 0) is 65.2 Å². The largest absolute Gasteiger partial charge is 0.673 e. The predicted molar refractivity (Wildman–Crippen MR) is 164 cm³/mol. The van der Waals surface area contributed by atoms with Crippen LogP contribution in [0.2, 0.25) is 10.0 Å². The molecule has 0 bridgehead atoms. The van der Waals surface area contributed by atoms with Gasteiger partial charge in [-0.1, -0.05) is 73.5 Å². The van der Waals surface area contributed by atoms with Crippen LogP contribution in [0.5, 0.6) is 0 Å². The van der Waals surface area contributed by atoms with E-state index in [1.165, 1.54) is 16.9 Å². The number of likely N-dealkylation sites (N-methyl/N-ethyl adjacent to an activating group) is 1. The molecule has 0 amide bonds. The molecule has 0 spiro atoms. The van der Waals surface area contributed by atoms with Crippen molar-refractivity contribution in [3.63, 3.8) is 0 Å². The first-order chi connectivity index (χ1) is 19.3. The van der Waals surface area contributed by atoms with Crippen LogP contribution in [-0.4, -0.2) is 14.3 Å². The van der Waals surface area contributed by atoms with Gasteiger partial charge in [-0.3, -0.25) is 0 Å². The highest BCUT2D eigenvalue weighted by Gasteiger charge is 2.37. The van der Waals surface area contributed by atoms with Gasteiger partial charge in [0.2, 0.25) is 11.4 Å². The van der Waals surface area contributed by atoms with Crippen LogP contribution in [0.1, 0.15) is 25.1 Å². The number of aromatic nitrogens is 1. The number of rotatable bonds is 4. The molecule has 3 aromatic carbocycles. The summed E-state index contributed by atoms with van der Waals surface area (Å²) in [5.41, 5.74) is 9.40. The van der Waals surface area contributed by atoms with E-state index in [0.29, 0.717) is 0 Å². The number of hydrogen-bond acceptors (Lipinski definition) is 1. The Hall–Kier alpha value is -3.55. The van der Waals surface area contributed by atoms with Gasteiger partial charge in [0.1, 0.15) is 7.05 Å². The van der Waals surface area contributed by atoms with Crippen molar-refractivity contribution in [3.05, 3.63) is 124 Å². The third-order valence-corrected chi connectivity index (χ3v) is 7.63. The molecular weight excluding hydrogens is 570 g/mol. The van der Waals surface area contributed by atoms with Crippen molar-refractivity contribution >= 4 is 42.2 Å². The van der Waals surface area contributed by atoms with Crippen molar-refractivity contribution in [3.8, 4) is 22.4 Å². The molecule has 2 heterocycles. The molecule has 1 aromatic heterocycles. The summed E-state index contributed by atoms with van der Waals surface area (Å²) >= 11 is 12.3. The van der Waals surface area contributed by atoms with Gasteiger partial charge < -0.3 is 22.2 Å². The molecule has 1 aliphatic heterocycles. The van der Waals surface area contributed by atoms with Crippen molar-refractivity contribution in [1.29, 1.82) is 0 Å².